The molecule has 0 saturated carbocycles. The summed E-state index contributed by atoms with van der Waals surface area (Å²) in [5.74, 6) is -1.81. The molecule has 0 aliphatic heterocycles. The van der Waals surface area contributed by atoms with Gasteiger partial charge in [-0.1, -0.05) is 0 Å². The lowest BCUT2D eigenvalue weighted by atomic mass is 10.1. The summed E-state index contributed by atoms with van der Waals surface area (Å²) in [7, 11) is 0. The number of carbonyl (C=O) groups is 1. The molecule has 0 atom stereocenters. The Kier molecular flexibility index (Phi) is 2.64. The zero-order chi connectivity index (χ0) is 10.8. The van der Waals surface area contributed by atoms with Crippen molar-refractivity contribution >= 4 is 11.9 Å². The summed E-state index contributed by atoms with van der Waals surface area (Å²) in [4.78, 5) is 17.8. The smallest absolute Gasteiger partial charge is 0.328 e. The number of carboxylic acids is 1. The number of rotatable bonds is 3. The van der Waals surface area contributed by atoms with Crippen molar-refractivity contribution in [2.75, 3.05) is 5.32 Å². The Balaban J connectivity index is 2.83. The van der Waals surface area contributed by atoms with E-state index >= 15 is 0 Å². The first kappa shape index (κ1) is 10.4. The predicted molar refractivity (Wildman–Crippen MR) is 47.3 cm³/mol. The van der Waals surface area contributed by atoms with Gasteiger partial charge in [-0.15, -0.1) is 0 Å². The van der Waals surface area contributed by atoms with E-state index in [1.165, 1.54) is 20.0 Å². The van der Waals surface area contributed by atoms with E-state index in [-0.39, 0.29) is 5.95 Å². The quantitative estimate of drug-likeness (QED) is 0.707. The van der Waals surface area contributed by atoms with Crippen LogP contribution in [0.5, 0.6) is 0 Å². The molecule has 14 heavy (non-hydrogen) atoms. The number of hydrogen-bond acceptors (Lipinski definition) is 4. The number of nitrogens with one attached hydrogen (secondary N) is 1. The van der Waals surface area contributed by atoms with Gasteiger partial charge in [0.25, 0.3) is 0 Å². The molecule has 0 aliphatic carbocycles. The van der Waals surface area contributed by atoms with E-state index in [1.54, 1.807) is 0 Å². The zero-order valence-corrected chi connectivity index (χ0v) is 7.78. The van der Waals surface area contributed by atoms with Gasteiger partial charge < -0.3 is 10.4 Å². The fraction of sp³-hybridized carbons (Fsp3) is 0.375. The highest BCUT2D eigenvalue weighted by Gasteiger charge is 2.27. The Morgan fingerprint density at radius 2 is 2.29 bits per heavy atom. The zero-order valence-electron chi connectivity index (χ0n) is 7.78. The van der Waals surface area contributed by atoms with E-state index in [1.807, 2.05) is 0 Å². The summed E-state index contributed by atoms with van der Waals surface area (Å²) in [6, 6.07) is 1.08. The van der Waals surface area contributed by atoms with E-state index in [0.29, 0.717) is 0 Å². The Morgan fingerprint density at radius 1 is 1.64 bits per heavy atom. The molecule has 0 aromatic carbocycles. The molecule has 1 aromatic heterocycles. The maximum Gasteiger partial charge on any atom is 0.328 e. The largest absolute Gasteiger partial charge is 0.480 e. The second kappa shape index (κ2) is 3.57. The van der Waals surface area contributed by atoms with Gasteiger partial charge in [0.1, 0.15) is 5.54 Å². The van der Waals surface area contributed by atoms with Gasteiger partial charge >= 0.3 is 5.97 Å². The van der Waals surface area contributed by atoms with Crippen molar-refractivity contribution in [1.82, 2.24) is 9.97 Å². The number of carboxylic acid groups (broad SMARTS) is 1. The number of aromatic nitrogens is 2. The van der Waals surface area contributed by atoms with Crippen LogP contribution in [0.2, 0.25) is 0 Å². The number of halogens is 1. The van der Waals surface area contributed by atoms with Gasteiger partial charge in [0.15, 0.2) is 0 Å². The van der Waals surface area contributed by atoms with Crippen LogP contribution < -0.4 is 5.32 Å². The maximum absolute atomic E-state index is 12.6. The highest BCUT2D eigenvalue weighted by Crippen LogP contribution is 2.10. The molecular formula is C8H10FN3O2. The Labute approximate surface area is 80.0 Å². The normalized spacial score (nSPS) is 11.1. The van der Waals surface area contributed by atoms with Gasteiger partial charge in [-0.2, -0.15) is 9.37 Å². The Hall–Kier alpha value is -1.72. The predicted octanol–water partition coefficient (Wildman–Crippen LogP) is 0.891. The van der Waals surface area contributed by atoms with Gasteiger partial charge in [0.05, 0.1) is 0 Å². The number of anilines is 1. The molecule has 1 aromatic rings. The minimum Gasteiger partial charge on any atom is -0.480 e. The summed E-state index contributed by atoms with van der Waals surface area (Å²) >= 11 is 0. The van der Waals surface area contributed by atoms with Crippen LogP contribution in [0.15, 0.2) is 12.3 Å². The molecule has 76 valence electrons. The molecular weight excluding hydrogens is 189 g/mol. The summed E-state index contributed by atoms with van der Waals surface area (Å²) in [6.45, 7) is 2.87. The van der Waals surface area contributed by atoms with Crippen LogP contribution in [0, 0.1) is 5.95 Å². The van der Waals surface area contributed by atoms with Crippen LogP contribution in [-0.2, 0) is 4.79 Å². The Morgan fingerprint density at radius 3 is 2.79 bits per heavy atom. The lowest BCUT2D eigenvalue weighted by Crippen LogP contribution is -2.40. The third-order valence-corrected chi connectivity index (χ3v) is 1.58. The standard InChI is InChI=1S/C8H10FN3O2/c1-8(2,6(13)14)12-7-10-4-3-5(9)11-7/h3-4H,1-2H3,(H,13,14)(H,10,11,12). The molecule has 1 rings (SSSR count). The highest BCUT2D eigenvalue weighted by atomic mass is 19.1. The van der Waals surface area contributed by atoms with Crippen molar-refractivity contribution in [3.8, 4) is 0 Å². The first-order chi connectivity index (χ1) is 6.42. The Bertz CT molecular complexity index is 354. The number of hydrogen-bond donors (Lipinski definition) is 2. The lowest BCUT2D eigenvalue weighted by molar-refractivity contribution is -0.141. The van der Waals surface area contributed by atoms with Crippen LogP contribution in [0.1, 0.15) is 13.8 Å². The van der Waals surface area contributed by atoms with Crippen molar-refractivity contribution in [2.45, 2.75) is 19.4 Å². The summed E-state index contributed by atoms with van der Waals surface area (Å²) in [5.41, 5.74) is -1.23. The second-order valence-corrected chi connectivity index (χ2v) is 3.26. The molecule has 0 unspecified atom stereocenters. The van der Waals surface area contributed by atoms with E-state index in [9.17, 15) is 9.18 Å². The molecule has 5 nitrogen and oxygen atoms in total. The molecule has 0 bridgehead atoms. The monoisotopic (exact) mass is 199 g/mol. The molecule has 0 aliphatic rings. The lowest BCUT2D eigenvalue weighted by Gasteiger charge is -2.20. The van der Waals surface area contributed by atoms with E-state index in [2.05, 4.69) is 15.3 Å². The first-order valence-electron chi connectivity index (χ1n) is 3.92. The van der Waals surface area contributed by atoms with Crippen LogP contribution in [0.25, 0.3) is 0 Å². The molecule has 0 fully saturated rings. The van der Waals surface area contributed by atoms with E-state index in [4.69, 9.17) is 5.11 Å². The van der Waals surface area contributed by atoms with Gasteiger partial charge in [-0.25, -0.2) is 9.78 Å². The first-order valence-corrected chi connectivity index (χ1v) is 3.92. The minimum atomic E-state index is -1.23. The average molecular weight is 199 g/mol. The van der Waals surface area contributed by atoms with Crippen LogP contribution in [0.4, 0.5) is 10.3 Å². The minimum absolute atomic E-state index is 0.0441. The second-order valence-electron chi connectivity index (χ2n) is 3.26. The van der Waals surface area contributed by atoms with Crippen molar-refractivity contribution in [3.05, 3.63) is 18.2 Å². The molecule has 6 heteroatoms. The molecule has 0 spiro atoms. The number of nitrogens with zero attached hydrogens (tertiary/aromatic N) is 2. The average Bonchev–Trinajstić information content (AvgIpc) is 2.02. The highest BCUT2D eigenvalue weighted by molar-refractivity contribution is 5.80. The fourth-order valence-corrected chi connectivity index (χ4v) is 0.730. The number of aliphatic carboxylic acids is 1. The van der Waals surface area contributed by atoms with Crippen molar-refractivity contribution in [2.24, 2.45) is 0 Å². The molecule has 0 saturated heterocycles. The summed E-state index contributed by atoms with van der Waals surface area (Å²) < 4.78 is 12.6. The van der Waals surface area contributed by atoms with Gasteiger partial charge in [-0.3, -0.25) is 0 Å². The van der Waals surface area contributed by atoms with Crippen LogP contribution in [-0.4, -0.2) is 26.6 Å². The molecule has 2 N–H and O–H groups in total. The topological polar surface area (TPSA) is 75.1 Å². The molecule has 1 heterocycles. The van der Waals surface area contributed by atoms with Gasteiger partial charge in [0.2, 0.25) is 11.9 Å². The molecule has 0 amide bonds. The van der Waals surface area contributed by atoms with Crippen molar-refractivity contribution in [3.63, 3.8) is 0 Å². The third kappa shape index (κ3) is 2.38. The fourth-order valence-electron chi connectivity index (χ4n) is 0.730. The molecule has 0 radical (unpaired) electrons. The van der Waals surface area contributed by atoms with Crippen molar-refractivity contribution < 1.29 is 14.3 Å². The maximum atomic E-state index is 12.6. The van der Waals surface area contributed by atoms with E-state index < -0.39 is 17.5 Å². The van der Waals surface area contributed by atoms with E-state index in [0.717, 1.165) is 6.07 Å². The van der Waals surface area contributed by atoms with Gasteiger partial charge in [-0.05, 0) is 13.8 Å². The summed E-state index contributed by atoms with van der Waals surface area (Å²) in [5, 5.41) is 11.3. The van der Waals surface area contributed by atoms with Crippen molar-refractivity contribution in [1.29, 1.82) is 0 Å². The third-order valence-electron chi connectivity index (χ3n) is 1.58. The van der Waals surface area contributed by atoms with Gasteiger partial charge in [0, 0.05) is 12.3 Å². The SMILES string of the molecule is CC(C)(Nc1nccc(F)n1)C(=O)O. The van der Waals surface area contributed by atoms with Crippen LogP contribution >= 0.6 is 0 Å². The summed E-state index contributed by atoms with van der Waals surface area (Å²) in [6.07, 6.45) is 1.21. The van der Waals surface area contributed by atoms with Crippen LogP contribution in [0.3, 0.4) is 0 Å².